The lowest BCUT2D eigenvalue weighted by molar-refractivity contribution is -0.132. The van der Waals surface area contributed by atoms with Gasteiger partial charge in [0, 0.05) is 24.9 Å². The van der Waals surface area contributed by atoms with Gasteiger partial charge in [0.25, 0.3) is 0 Å². The second kappa shape index (κ2) is 5.73. The van der Waals surface area contributed by atoms with E-state index in [-0.39, 0.29) is 12.2 Å². The number of carboxylic acids is 1. The number of hydrogen-bond acceptors (Lipinski definition) is 3. The van der Waals surface area contributed by atoms with E-state index in [4.69, 9.17) is 10.2 Å². The second-order valence-corrected chi connectivity index (χ2v) is 2.16. The first-order valence-electron chi connectivity index (χ1n) is 3.42. The molecule has 0 radical (unpaired) electrons. The molecule has 0 heterocycles. The summed E-state index contributed by atoms with van der Waals surface area (Å²) in [4.78, 5) is 10.2. The van der Waals surface area contributed by atoms with Gasteiger partial charge in [0.05, 0.1) is 0 Å². The lowest BCUT2D eigenvalue weighted by atomic mass is 10.3. The average Bonchev–Trinajstić information content (AvgIpc) is 1.97. The third-order valence-electron chi connectivity index (χ3n) is 1.14. The van der Waals surface area contributed by atoms with Gasteiger partial charge in [0.1, 0.15) is 0 Å². The quantitative estimate of drug-likeness (QED) is 0.388. The molecule has 0 aliphatic carbocycles. The van der Waals surface area contributed by atoms with E-state index in [1.807, 2.05) is 0 Å². The molecule has 4 heteroatoms. The maximum absolute atomic E-state index is 10.2. The van der Waals surface area contributed by atoms with E-state index in [1.165, 1.54) is 13.1 Å². The van der Waals surface area contributed by atoms with Crippen molar-refractivity contribution in [1.29, 1.82) is 0 Å². The van der Waals surface area contributed by atoms with Gasteiger partial charge in [-0.2, -0.15) is 0 Å². The van der Waals surface area contributed by atoms with Crippen LogP contribution < -0.4 is 5.32 Å². The largest absolute Gasteiger partial charge is 0.478 e. The number of aliphatic hydroxyl groups excluding tert-OH is 1. The minimum atomic E-state index is -0.929. The first-order valence-corrected chi connectivity index (χ1v) is 3.42. The summed E-state index contributed by atoms with van der Waals surface area (Å²) in [6, 6.07) is 0. The average molecular weight is 159 g/mol. The number of aliphatic carboxylic acids is 1. The third kappa shape index (κ3) is 5.42. The molecule has 0 saturated heterocycles. The summed E-state index contributed by atoms with van der Waals surface area (Å²) in [5.41, 5.74) is 0.267. The van der Waals surface area contributed by atoms with Gasteiger partial charge in [-0.3, -0.25) is 0 Å². The van der Waals surface area contributed by atoms with Crippen molar-refractivity contribution in [2.75, 3.05) is 13.2 Å². The Hall–Kier alpha value is -1.03. The van der Waals surface area contributed by atoms with Gasteiger partial charge in [0.2, 0.25) is 0 Å². The van der Waals surface area contributed by atoms with E-state index < -0.39 is 5.97 Å². The molecule has 0 atom stereocenters. The van der Waals surface area contributed by atoms with E-state index in [0.29, 0.717) is 13.0 Å². The molecule has 11 heavy (non-hydrogen) atoms. The Balaban J connectivity index is 3.48. The Kier molecular flexibility index (Phi) is 5.20. The minimum Gasteiger partial charge on any atom is -0.478 e. The van der Waals surface area contributed by atoms with E-state index in [2.05, 4.69) is 5.32 Å². The molecule has 0 bridgehead atoms. The van der Waals surface area contributed by atoms with Gasteiger partial charge >= 0.3 is 5.97 Å². The van der Waals surface area contributed by atoms with Crippen molar-refractivity contribution in [1.82, 2.24) is 5.32 Å². The lowest BCUT2D eigenvalue weighted by Gasteiger charge is -1.98. The predicted molar refractivity (Wildman–Crippen MR) is 41.1 cm³/mol. The Morgan fingerprint density at radius 3 is 2.73 bits per heavy atom. The molecule has 0 spiro atoms. The van der Waals surface area contributed by atoms with Crippen molar-refractivity contribution in [3.05, 3.63) is 11.8 Å². The molecule has 0 aromatic carbocycles. The van der Waals surface area contributed by atoms with Crippen molar-refractivity contribution < 1.29 is 15.0 Å². The highest BCUT2D eigenvalue weighted by Crippen LogP contribution is 1.88. The molecule has 0 aromatic heterocycles. The number of nitrogens with one attached hydrogen (secondary N) is 1. The highest BCUT2D eigenvalue weighted by molar-refractivity contribution is 5.85. The standard InChI is InChI=1S/C7H13NO3/c1-6(7(10)11)5-8-3-2-4-9/h5,8-9H,2-4H2,1H3,(H,10,11). The summed E-state index contributed by atoms with van der Waals surface area (Å²) in [7, 11) is 0. The highest BCUT2D eigenvalue weighted by Gasteiger charge is 1.96. The van der Waals surface area contributed by atoms with Gasteiger partial charge in [0.15, 0.2) is 0 Å². The number of carboxylic acid groups (broad SMARTS) is 1. The minimum absolute atomic E-state index is 0.118. The topological polar surface area (TPSA) is 69.6 Å². The van der Waals surface area contributed by atoms with Gasteiger partial charge in [-0.1, -0.05) is 0 Å². The van der Waals surface area contributed by atoms with Gasteiger partial charge in [-0.25, -0.2) is 4.79 Å². The van der Waals surface area contributed by atoms with Crippen molar-refractivity contribution in [3.63, 3.8) is 0 Å². The first-order chi connectivity index (χ1) is 5.18. The van der Waals surface area contributed by atoms with Crippen LogP contribution in [-0.4, -0.2) is 29.3 Å². The van der Waals surface area contributed by atoms with E-state index >= 15 is 0 Å². The Labute approximate surface area is 65.5 Å². The highest BCUT2D eigenvalue weighted by atomic mass is 16.4. The van der Waals surface area contributed by atoms with Crippen LogP contribution in [0, 0.1) is 0 Å². The molecular formula is C7H13NO3. The zero-order valence-corrected chi connectivity index (χ0v) is 6.50. The molecule has 64 valence electrons. The molecule has 0 saturated carbocycles. The summed E-state index contributed by atoms with van der Waals surface area (Å²) >= 11 is 0. The number of hydrogen-bond donors (Lipinski definition) is 3. The van der Waals surface area contributed by atoms with Crippen LogP contribution in [0.2, 0.25) is 0 Å². The first kappa shape index (κ1) is 9.97. The number of aliphatic hydroxyl groups is 1. The maximum atomic E-state index is 10.2. The third-order valence-corrected chi connectivity index (χ3v) is 1.14. The molecule has 0 aromatic rings. The van der Waals surface area contributed by atoms with Gasteiger partial charge < -0.3 is 15.5 Å². The Morgan fingerprint density at radius 1 is 1.64 bits per heavy atom. The molecule has 0 amide bonds. The fraction of sp³-hybridized carbons (Fsp3) is 0.571. The summed E-state index contributed by atoms with van der Waals surface area (Å²) in [6.45, 7) is 2.22. The maximum Gasteiger partial charge on any atom is 0.332 e. The Bertz CT molecular complexity index is 154. The zero-order valence-electron chi connectivity index (χ0n) is 6.50. The molecular weight excluding hydrogens is 146 g/mol. The number of carbonyl (C=O) groups is 1. The normalized spacial score (nSPS) is 11.3. The van der Waals surface area contributed by atoms with Crippen LogP contribution in [0.5, 0.6) is 0 Å². The van der Waals surface area contributed by atoms with Crippen LogP contribution in [-0.2, 0) is 4.79 Å². The van der Waals surface area contributed by atoms with Crippen LogP contribution in [0.15, 0.2) is 11.8 Å². The molecule has 0 rings (SSSR count). The molecule has 0 fully saturated rings. The lowest BCUT2D eigenvalue weighted by Crippen LogP contribution is -2.11. The second-order valence-electron chi connectivity index (χ2n) is 2.16. The van der Waals surface area contributed by atoms with Crippen molar-refractivity contribution in [3.8, 4) is 0 Å². The van der Waals surface area contributed by atoms with E-state index in [9.17, 15) is 4.79 Å². The summed E-state index contributed by atoms with van der Waals surface area (Å²) < 4.78 is 0. The fourth-order valence-corrected chi connectivity index (χ4v) is 0.468. The van der Waals surface area contributed by atoms with E-state index in [1.54, 1.807) is 0 Å². The van der Waals surface area contributed by atoms with Crippen molar-refractivity contribution >= 4 is 5.97 Å². The van der Waals surface area contributed by atoms with Crippen LogP contribution in [0.25, 0.3) is 0 Å². The van der Waals surface area contributed by atoms with Crippen LogP contribution in [0.4, 0.5) is 0 Å². The zero-order chi connectivity index (χ0) is 8.69. The van der Waals surface area contributed by atoms with E-state index in [0.717, 1.165) is 0 Å². The number of rotatable bonds is 5. The fourth-order valence-electron chi connectivity index (χ4n) is 0.468. The Morgan fingerprint density at radius 2 is 2.27 bits per heavy atom. The summed E-state index contributed by atoms with van der Waals surface area (Å²) in [5.74, 6) is -0.929. The SMILES string of the molecule is CC(=CNCCCO)C(=O)O. The van der Waals surface area contributed by atoms with Crippen LogP contribution in [0.1, 0.15) is 13.3 Å². The molecule has 0 aliphatic rings. The molecule has 3 N–H and O–H groups in total. The van der Waals surface area contributed by atoms with Gasteiger partial charge in [-0.15, -0.1) is 0 Å². The monoisotopic (exact) mass is 159 g/mol. The van der Waals surface area contributed by atoms with Crippen LogP contribution >= 0.6 is 0 Å². The summed E-state index contributed by atoms with van der Waals surface area (Å²) in [6.07, 6.45) is 2.06. The smallest absolute Gasteiger partial charge is 0.332 e. The van der Waals surface area contributed by atoms with Crippen LogP contribution in [0.3, 0.4) is 0 Å². The van der Waals surface area contributed by atoms with Crippen molar-refractivity contribution in [2.45, 2.75) is 13.3 Å². The van der Waals surface area contributed by atoms with Crippen molar-refractivity contribution in [2.24, 2.45) is 0 Å². The molecule has 4 nitrogen and oxygen atoms in total. The molecule has 0 aliphatic heterocycles. The van der Waals surface area contributed by atoms with Gasteiger partial charge in [-0.05, 0) is 13.3 Å². The molecule has 0 unspecified atom stereocenters. The summed E-state index contributed by atoms with van der Waals surface area (Å²) in [5, 5.41) is 19.5. The predicted octanol–water partition coefficient (Wildman–Crippen LogP) is -0.0532.